The first-order chi connectivity index (χ1) is 9.21. The van der Waals surface area contributed by atoms with E-state index in [1.54, 1.807) is 13.2 Å². The molecule has 0 radical (unpaired) electrons. The molecule has 1 aromatic heterocycles. The maximum absolute atomic E-state index is 5.63. The number of benzene rings is 1. The lowest BCUT2D eigenvalue weighted by Gasteiger charge is -2.08. The number of nitrogens with one attached hydrogen (secondary N) is 1. The van der Waals surface area contributed by atoms with E-state index in [1.165, 1.54) is 0 Å². The van der Waals surface area contributed by atoms with Gasteiger partial charge < -0.3 is 15.8 Å². The third-order valence-corrected chi connectivity index (χ3v) is 2.72. The Labute approximate surface area is 112 Å². The molecule has 0 bridgehead atoms. The van der Waals surface area contributed by atoms with Gasteiger partial charge in [0.25, 0.3) is 0 Å². The summed E-state index contributed by atoms with van der Waals surface area (Å²) in [6, 6.07) is 9.93. The van der Waals surface area contributed by atoms with Gasteiger partial charge in [0.15, 0.2) is 0 Å². The third kappa shape index (κ3) is 3.66. The minimum atomic E-state index is 0.550. The lowest BCUT2D eigenvalue weighted by atomic mass is 10.1. The molecule has 0 aliphatic carbocycles. The molecule has 0 spiro atoms. The van der Waals surface area contributed by atoms with Gasteiger partial charge in [-0.25, -0.2) is 4.98 Å². The molecule has 0 aliphatic rings. The van der Waals surface area contributed by atoms with Crippen LogP contribution in [-0.4, -0.2) is 17.1 Å². The highest BCUT2D eigenvalue weighted by molar-refractivity contribution is 5.39. The summed E-state index contributed by atoms with van der Waals surface area (Å²) in [6.07, 6.45) is 0. The van der Waals surface area contributed by atoms with Crippen molar-refractivity contribution in [2.24, 2.45) is 5.73 Å². The first-order valence-electron chi connectivity index (χ1n) is 6.12. The van der Waals surface area contributed by atoms with E-state index in [9.17, 15) is 0 Å². The molecule has 2 aromatic rings. The Hall–Kier alpha value is -2.14. The van der Waals surface area contributed by atoms with Crippen molar-refractivity contribution in [3.8, 4) is 5.88 Å². The summed E-state index contributed by atoms with van der Waals surface area (Å²) in [4.78, 5) is 8.46. The van der Waals surface area contributed by atoms with Gasteiger partial charge in [0.2, 0.25) is 5.88 Å². The first kappa shape index (κ1) is 13.3. The summed E-state index contributed by atoms with van der Waals surface area (Å²) < 4.78 is 5.12. The van der Waals surface area contributed by atoms with Crippen molar-refractivity contribution in [1.82, 2.24) is 9.97 Å². The number of ether oxygens (including phenoxy) is 1. The first-order valence-corrected chi connectivity index (χ1v) is 6.12. The Kier molecular flexibility index (Phi) is 4.30. The van der Waals surface area contributed by atoms with Gasteiger partial charge in [0, 0.05) is 19.2 Å². The lowest BCUT2D eigenvalue weighted by molar-refractivity contribution is 0.396. The predicted octanol–water partition coefficient (Wildman–Crippen LogP) is 1.86. The summed E-state index contributed by atoms with van der Waals surface area (Å²) in [5.41, 5.74) is 7.91. The second-order valence-corrected chi connectivity index (χ2v) is 4.22. The van der Waals surface area contributed by atoms with Crippen LogP contribution in [0.5, 0.6) is 5.88 Å². The number of hydrogen-bond acceptors (Lipinski definition) is 5. The van der Waals surface area contributed by atoms with Crippen molar-refractivity contribution in [2.75, 3.05) is 12.4 Å². The van der Waals surface area contributed by atoms with Crippen LogP contribution in [0, 0.1) is 6.92 Å². The lowest BCUT2D eigenvalue weighted by Crippen LogP contribution is -2.05. The molecule has 0 aliphatic heterocycles. The van der Waals surface area contributed by atoms with Crippen LogP contribution in [0.1, 0.15) is 17.0 Å². The number of nitrogens with zero attached hydrogens (tertiary/aromatic N) is 2. The summed E-state index contributed by atoms with van der Waals surface area (Å²) in [7, 11) is 1.59. The zero-order valence-corrected chi connectivity index (χ0v) is 11.2. The third-order valence-electron chi connectivity index (χ3n) is 2.72. The normalized spacial score (nSPS) is 10.3. The number of aryl methyl sites for hydroxylation is 1. The average Bonchev–Trinajstić information content (AvgIpc) is 2.44. The number of methoxy groups -OCH3 is 1. The van der Waals surface area contributed by atoms with Crippen molar-refractivity contribution in [2.45, 2.75) is 20.0 Å². The highest BCUT2D eigenvalue weighted by Crippen LogP contribution is 2.14. The number of anilines is 1. The van der Waals surface area contributed by atoms with Crippen LogP contribution in [0.3, 0.4) is 0 Å². The van der Waals surface area contributed by atoms with Crippen molar-refractivity contribution >= 4 is 5.82 Å². The molecule has 19 heavy (non-hydrogen) atoms. The van der Waals surface area contributed by atoms with Gasteiger partial charge in [-0.05, 0) is 18.1 Å². The standard InChI is InChI=1S/C14H18N4O/c1-10-17-13(7-14(18-10)19-2)16-9-12-5-3-4-11(6-12)8-15/h3-7H,8-9,15H2,1-2H3,(H,16,17,18). The second-order valence-electron chi connectivity index (χ2n) is 4.22. The molecule has 0 fully saturated rings. The molecule has 5 heteroatoms. The van der Waals surface area contributed by atoms with E-state index in [0.717, 1.165) is 16.9 Å². The van der Waals surface area contributed by atoms with Crippen LogP contribution in [-0.2, 0) is 13.1 Å². The highest BCUT2D eigenvalue weighted by atomic mass is 16.5. The molecule has 1 aromatic carbocycles. The molecule has 1 heterocycles. The van der Waals surface area contributed by atoms with Crippen molar-refractivity contribution in [3.63, 3.8) is 0 Å². The van der Waals surface area contributed by atoms with E-state index in [-0.39, 0.29) is 0 Å². The summed E-state index contributed by atoms with van der Waals surface area (Å²) in [5, 5.41) is 3.26. The fourth-order valence-corrected chi connectivity index (χ4v) is 1.79. The fourth-order valence-electron chi connectivity index (χ4n) is 1.79. The summed E-state index contributed by atoms with van der Waals surface area (Å²) >= 11 is 0. The molecule has 0 saturated carbocycles. The number of nitrogens with two attached hydrogens (primary N) is 1. The van der Waals surface area contributed by atoms with Gasteiger partial charge in [-0.1, -0.05) is 24.3 Å². The van der Waals surface area contributed by atoms with E-state index in [4.69, 9.17) is 10.5 Å². The van der Waals surface area contributed by atoms with Crippen molar-refractivity contribution < 1.29 is 4.74 Å². The summed E-state index contributed by atoms with van der Waals surface area (Å²) in [5.74, 6) is 1.99. The van der Waals surface area contributed by atoms with Gasteiger partial charge in [0.05, 0.1) is 7.11 Å². The molecule has 100 valence electrons. The van der Waals surface area contributed by atoms with E-state index in [1.807, 2.05) is 19.1 Å². The number of rotatable bonds is 5. The van der Waals surface area contributed by atoms with Crippen LogP contribution < -0.4 is 15.8 Å². The zero-order valence-electron chi connectivity index (χ0n) is 11.2. The monoisotopic (exact) mass is 258 g/mol. The Morgan fingerprint density at radius 2 is 2.00 bits per heavy atom. The number of hydrogen-bond donors (Lipinski definition) is 2. The molecule has 5 nitrogen and oxygen atoms in total. The Morgan fingerprint density at radius 1 is 1.21 bits per heavy atom. The second kappa shape index (κ2) is 6.15. The molecule has 3 N–H and O–H groups in total. The van der Waals surface area contributed by atoms with Gasteiger partial charge in [-0.2, -0.15) is 4.98 Å². The van der Waals surface area contributed by atoms with E-state index in [0.29, 0.717) is 24.8 Å². The number of aromatic nitrogens is 2. The van der Waals surface area contributed by atoms with E-state index in [2.05, 4.69) is 27.4 Å². The minimum Gasteiger partial charge on any atom is -0.481 e. The van der Waals surface area contributed by atoms with Crippen LogP contribution in [0.25, 0.3) is 0 Å². The molecule has 2 rings (SSSR count). The molecule has 0 unspecified atom stereocenters. The molecule has 0 atom stereocenters. The van der Waals surface area contributed by atoms with Crippen LogP contribution in [0.2, 0.25) is 0 Å². The molecular formula is C14H18N4O. The Balaban J connectivity index is 2.07. The molecule has 0 amide bonds. The van der Waals surface area contributed by atoms with Gasteiger partial charge >= 0.3 is 0 Å². The smallest absolute Gasteiger partial charge is 0.218 e. The minimum absolute atomic E-state index is 0.550. The molecular weight excluding hydrogens is 240 g/mol. The topological polar surface area (TPSA) is 73.1 Å². The molecule has 0 saturated heterocycles. The van der Waals surface area contributed by atoms with Crippen molar-refractivity contribution in [3.05, 3.63) is 47.3 Å². The van der Waals surface area contributed by atoms with Gasteiger partial charge in [-0.3, -0.25) is 0 Å². The zero-order chi connectivity index (χ0) is 13.7. The SMILES string of the molecule is COc1cc(NCc2cccc(CN)c2)nc(C)n1. The predicted molar refractivity (Wildman–Crippen MR) is 75.0 cm³/mol. The summed E-state index contributed by atoms with van der Waals surface area (Å²) in [6.45, 7) is 3.07. The van der Waals surface area contributed by atoms with Crippen LogP contribution in [0.4, 0.5) is 5.82 Å². The highest BCUT2D eigenvalue weighted by Gasteiger charge is 2.02. The van der Waals surface area contributed by atoms with Gasteiger partial charge in [0.1, 0.15) is 11.6 Å². The van der Waals surface area contributed by atoms with Gasteiger partial charge in [-0.15, -0.1) is 0 Å². The average molecular weight is 258 g/mol. The Morgan fingerprint density at radius 3 is 2.74 bits per heavy atom. The van der Waals surface area contributed by atoms with Crippen molar-refractivity contribution in [1.29, 1.82) is 0 Å². The largest absolute Gasteiger partial charge is 0.481 e. The van der Waals surface area contributed by atoms with E-state index < -0.39 is 0 Å². The fraction of sp³-hybridized carbons (Fsp3) is 0.286. The maximum Gasteiger partial charge on any atom is 0.218 e. The quantitative estimate of drug-likeness (QED) is 0.856. The maximum atomic E-state index is 5.63. The van der Waals surface area contributed by atoms with Crippen LogP contribution in [0.15, 0.2) is 30.3 Å². The van der Waals surface area contributed by atoms with E-state index >= 15 is 0 Å². The Bertz CT molecular complexity index is 557. The van der Waals surface area contributed by atoms with Crippen LogP contribution >= 0.6 is 0 Å².